The van der Waals surface area contributed by atoms with Crippen molar-refractivity contribution in [3.8, 4) is 5.75 Å². The topological polar surface area (TPSA) is 105 Å². The molecule has 0 spiro atoms. The molecule has 9 nitrogen and oxygen atoms in total. The minimum atomic E-state index is -0.675. The third kappa shape index (κ3) is 5.83. The molecule has 1 N–H and O–H groups in total. The number of amides is 4. The summed E-state index contributed by atoms with van der Waals surface area (Å²) in [5, 5.41) is 2.37. The van der Waals surface area contributed by atoms with Crippen LogP contribution in [-0.2, 0) is 27.5 Å². The monoisotopic (exact) mass is 509 g/mol. The van der Waals surface area contributed by atoms with Gasteiger partial charge in [0.05, 0.1) is 19.8 Å². The molecule has 9 heteroatoms. The van der Waals surface area contributed by atoms with Crippen LogP contribution < -0.4 is 10.1 Å². The van der Waals surface area contributed by atoms with E-state index in [-0.39, 0.29) is 38.7 Å². The molecule has 3 heterocycles. The largest absolute Gasteiger partial charge is 0.489 e. The minimum Gasteiger partial charge on any atom is -0.489 e. The van der Waals surface area contributed by atoms with Crippen molar-refractivity contribution >= 4 is 23.6 Å². The second-order valence-electron chi connectivity index (χ2n) is 8.93. The van der Waals surface area contributed by atoms with Gasteiger partial charge in [-0.1, -0.05) is 32.0 Å². The number of imide groups is 1. The molecule has 0 unspecified atom stereocenters. The molecule has 3 aliphatic rings. The number of rotatable bonds is 5. The van der Waals surface area contributed by atoms with Gasteiger partial charge in [-0.05, 0) is 42.7 Å². The number of carbonyl (C=O) groups is 4. The zero-order chi connectivity index (χ0) is 26.4. The lowest BCUT2D eigenvalue weighted by atomic mass is 10.1. The number of nitrogens with one attached hydrogen (secondary N) is 1. The minimum absolute atomic E-state index is 0. The summed E-state index contributed by atoms with van der Waals surface area (Å²) in [5.74, 6) is -0.390. The lowest BCUT2D eigenvalue weighted by Crippen LogP contribution is -2.46. The van der Waals surface area contributed by atoms with E-state index in [2.05, 4.69) is 5.32 Å². The van der Waals surface area contributed by atoms with Crippen LogP contribution in [0.2, 0.25) is 0 Å². The molecule has 5 rings (SSSR count). The molecule has 2 aromatic carbocycles. The van der Waals surface area contributed by atoms with Crippen LogP contribution in [-0.4, -0.2) is 65.8 Å². The Balaban J connectivity index is 0.00000130. The highest BCUT2D eigenvalue weighted by molar-refractivity contribution is 6.04. The molecule has 0 radical (unpaired) electrons. The first-order valence-corrected chi connectivity index (χ1v) is 12.9. The molecule has 198 valence electrons. The Morgan fingerprint density at radius 3 is 2.54 bits per heavy atom. The Morgan fingerprint density at radius 1 is 1.08 bits per heavy atom. The first-order valence-electron chi connectivity index (χ1n) is 12.9. The van der Waals surface area contributed by atoms with Crippen molar-refractivity contribution in [2.24, 2.45) is 0 Å². The van der Waals surface area contributed by atoms with Crippen LogP contribution in [0, 0.1) is 0 Å². The molecule has 0 saturated carbocycles. The van der Waals surface area contributed by atoms with Gasteiger partial charge in [0, 0.05) is 37.6 Å². The van der Waals surface area contributed by atoms with E-state index in [0.29, 0.717) is 56.0 Å². The van der Waals surface area contributed by atoms with Crippen molar-refractivity contribution in [2.75, 3.05) is 26.3 Å². The van der Waals surface area contributed by atoms with Crippen LogP contribution in [0.5, 0.6) is 5.75 Å². The first kappa shape index (κ1) is 26.3. The molecular weight excluding hydrogens is 474 g/mol. The molecule has 3 aliphatic heterocycles. The van der Waals surface area contributed by atoms with Gasteiger partial charge in [-0.3, -0.25) is 24.5 Å². The van der Waals surface area contributed by atoms with Crippen molar-refractivity contribution in [1.82, 2.24) is 15.1 Å². The van der Waals surface area contributed by atoms with Gasteiger partial charge in [0.2, 0.25) is 11.8 Å². The second-order valence-corrected chi connectivity index (χ2v) is 8.93. The number of hydrogen-bond acceptors (Lipinski definition) is 6. The SMILES string of the molecule is CC.O=C1CCC[C@H](N2Cc3c(OCc4ccc(C(=O)N5CCOCC5)cc4)cccc3C2=O)C(=O)N1.[HH]. The summed E-state index contributed by atoms with van der Waals surface area (Å²) in [6.45, 7) is 6.83. The fourth-order valence-electron chi connectivity index (χ4n) is 4.73. The van der Waals surface area contributed by atoms with Gasteiger partial charge >= 0.3 is 0 Å². The van der Waals surface area contributed by atoms with E-state index < -0.39 is 11.9 Å². The van der Waals surface area contributed by atoms with E-state index in [9.17, 15) is 19.2 Å². The highest BCUT2D eigenvalue weighted by Crippen LogP contribution is 2.34. The van der Waals surface area contributed by atoms with Gasteiger partial charge in [0.1, 0.15) is 18.4 Å². The van der Waals surface area contributed by atoms with Gasteiger partial charge in [0.15, 0.2) is 0 Å². The summed E-state index contributed by atoms with van der Waals surface area (Å²) in [5.41, 5.74) is 2.76. The van der Waals surface area contributed by atoms with E-state index in [4.69, 9.17) is 9.47 Å². The average molecular weight is 510 g/mol. The predicted octanol–water partition coefficient (Wildman–Crippen LogP) is 3.16. The van der Waals surface area contributed by atoms with Crippen molar-refractivity contribution in [3.63, 3.8) is 0 Å². The van der Waals surface area contributed by atoms with Gasteiger partial charge in [-0.2, -0.15) is 0 Å². The molecule has 1 atom stereocenters. The van der Waals surface area contributed by atoms with E-state index >= 15 is 0 Å². The van der Waals surface area contributed by atoms with Crippen LogP contribution in [0.4, 0.5) is 0 Å². The smallest absolute Gasteiger partial charge is 0.255 e. The number of nitrogens with zero attached hydrogens (tertiary/aromatic N) is 2. The Bertz CT molecular complexity index is 1160. The van der Waals surface area contributed by atoms with Crippen LogP contribution in [0.3, 0.4) is 0 Å². The third-order valence-corrected chi connectivity index (χ3v) is 6.67. The molecule has 4 amide bonds. The fourth-order valence-corrected chi connectivity index (χ4v) is 4.73. The average Bonchev–Trinajstić information content (AvgIpc) is 3.17. The number of ether oxygens (including phenoxy) is 2. The van der Waals surface area contributed by atoms with Crippen LogP contribution in [0.1, 0.15) is 66.4 Å². The third-order valence-electron chi connectivity index (χ3n) is 6.67. The van der Waals surface area contributed by atoms with Crippen molar-refractivity contribution in [3.05, 3.63) is 64.7 Å². The van der Waals surface area contributed by atoms with E-state index in [1.165, 1.54) is 4.90 Å². The Kier molecular flexibility index (Phi) is 8.55. The normalized spacial score (nSPS) is 19.4. The summed E-state index contributed by atoms with van der Waals surface area (Å²) >= 11 is 0. The maximum absolute atomic E-state index is 13.1. The molecule has 2 fully saturated rings. The Labute approximate surface area is 218 Å². The number of morpholine rings is 1. The lowest BCUT2D eigenvalue weighted by molar-refractivity contribution is -0.132. The summed E-state index contributed by atoms with van der Waals surface area (Å²) in [6.07, 6.45) is 1.28. The maximum Gasteiger partial charge on any atom is 0.255 e. The van der Waals surface area contributed by atoms with Crippen molar-refractivity contribution < 1.29 is 30.1 Å². The molecule has 37 heavy (non-hydrogen) atoms. The summed E-state index contributed by atoms with van der Waals surface area (Å²) in [4.78, 5) is 53.2. The maximum atomic E-state index is 13.1. The molecule has 0 bridgehead atoms. The number of carbonyl (C=O) groups excluding carboxylic acids is 4. The number of hydrogen-bond donors (Lipinski definition) is 1. The Hall–Kier alpha value is -3.72. The highest BCUT2D eigenvalue weighted by atomic mass is 16.5. The van der Waals surface area contributed by atoms with Gasteiger partial charge < -0.3 is 19.3 Å². The van der Waals surface area contributed by atoms with E-state index in [1.807, 2.05) is 32.0 Å². The van der Waals surface area contributed by atoms with Crippen LogP contribution in [0.25, 0.3) is 0 Å². The van der Waals surface area contributed by atoms with Crippen molar-refractivity contribution in [1.29, 1.82) is 0 Å². The quantitative estimate of drug-likeness (QED) is 0.621. The standard InChI is InChI=1S/C26H27N3O6.C2H6.H2/c30-23-6-2-4-21(24(31)27-23)29-15-20-19(26(29)33)3-1-5-22(20)35-16-17-7-9-18(10-8-17)25(32)28-11-13-34-14-12-28;1-2;/h1,3,5,7-10,21H,2,4,6,11-16H2,(H,27,30,31);1-2H3;1H/t21-;;/m0../s1. The highest BCUT2D eigenvalue weighted by Gasteiger charge is 2.39. The summed E-state index contributed by atoms with van der Waals surface area (Å²) < 4.78 is 11.4. The number of fused-ring (bicyclic) bond motifs is 1. The van der Waals surface area contributed by atoms with Gasteiger partial charge in [0.25, 0.3) is 11.8 Å². The van der Waals surface area contributed by atoms with Gasteiger partial charge in [-0.15, -0.1) is 0 Å². The molecule has 0 aliphatic carbocycles. The van der Waals surface area contributed by atoms with Crippen LogP contribution in [0.15, 0.2) is 42.5 Å². The Morgan fingerprint density at radius 2 is 1.81 bits per heavy atom. The lowest BCUT2D eigenvalue weighted by Gasteiger charge is -2.26. The number of benzene rings is 2. The zero-order valence-electron chi connectivity index (χ0n) is 21.3. The molecule has 2 saturated heterocycles. The van der Waals surface area contributed by atoms with E-state index in [1.54, 1.807) is 29.2 Å². The summed E-state index contributed by atoms with van der Waals surface area (Å²) in [6, 6.07) is 11.9. The summed E-state index contributed by atoms with van der Waals surface area (Å²) in [7, 11) is 0. The predicted molar refractivity (Wildman–Crippen MR) is 138 cm³/mol. The van der Waals surface area contributed by atoms with Gasteiger partial charge in [-0.25, -0.2) is 0 Å². The van der Waals surface area contributed by atoms with Crippen LogP contribution >= 0.6 is 0 Å². The van der Waals surface area contributed by atoms with Crippen molar-refractivity contribution in [2.45, 2.75) is 52.3 Å². The first-order chi connectivity index (χ1) is 18.0. The molecule has 0 aromatic heterocycles. The molecule has 2 aromatic rings. The second kappa shape index (κ2) is 12.0. The molecular formula is C28H35N3O6. The fraction of sp³-hybridized carbons (Fsp3) is 0.429. The zero-order valence-corrected chi connectivity index (χ0v) is 21.3. The van der Waals surface area contributed by atoms with E-state index in [0.717, 1.165) is 11.1 Å².